The second kappa shape index (κ2) is 7.01. The second-order valence-electron chi connectivity index (χ2n) is 6.17. The fourth-order valence-electron chi connectivity index (χ4n) is 3.42. The first-order valence-corrected chi connectivity index (χ1v) is 9.16. The van der Waals surface area contributed by atoms with Crippen molar-refractivity contribution in [2.24, 2.45) is 0 Å². The Morgan fingerprint density at radius 2 is 1.79 bits per heavy atom. The molecule has 3 nitrogen and oxygen atoms in total. The summed E-state index contributed by atoms with van der Waals surface area (Å²) in [6.45, 7) is 4.12. The van der Waals surface area contributed by atoms with Crippen molar-refractivity contribution >= 4 is 26.8 Å². The first-order valence-electron chi connectivity index (χ1n) is 8.37. The van der Waals surface area contributed by atoms with Gasteiger partial charge in [-0.25, -0.2) is 0 Å². The van der Waals surface area contributed by atoms with Crippen LogP contribution in [0.1, 0.15) is 17.3 Å². The monoisotopic (exact) mass is 381 g/mol. The van der Waals surface area contributed by atoms with Crippen LogP contribution in [0.5, 0.6) is 0 Å². The van der Waals surface area contributed by atoms with Crippen LogP contribution in [-0.2, 0) is 0 Å². The van der Waals surface area contributed by atoms with E-state index in [1.54, 1.807) is 0 Å². The minimum Gasteiger partial charge on any atom is -0.314 e. The summed E-state index contributed by atoms with van der Waals surface area (Å²) in [6.07, 6.45) is 0. The molecule has 2 heterocycles. The van der Waals surface area contributed by atoms with Crippen molar-refractivity contribution in [3.63, 3.8) is 0 Å². The summed E-state index contributed by atoms with van der Waals surface area (Å²) in [5, 5.41) is 4.63. The summed E-state index contributed by atoms with van der Waals surface area (Å²) in [4.78, 5) is 7.50. The summed E-state index contributed by atoms with van der Waals surface area (Å²) >= 11 is 3.62. The molecule has 1 N–H and O–H groups in total. The average molecular weight is 382 g/mol. The number of para-hydroxylation sites is 1. The highest BCUT2D eigenvalue weighted by Crippen LogP contribution is 2.30. The molecule has 0 amide bonds. The molecule has 4 rings (SSSR count). The van der Waals surface area contributed by atoms with Gasteiger partial charge in [-0.1, -0.05) is 52.3 Å². The highest BCUT2D eigenvalue weighted by molar-refractivity contribution is 9.10. The lowest BCUT2D eigenvalue weighted by molar-refractivity contribution is 0.196. The van der Waals surface area contributed by atoms with E-state index in [0.29, 0.717) is 0 Å². The predicted molar refractivity (Wildman–Crippen MR) is 102 cm³/mol. The molecule has 1 unspecified atom stereocenters. The van der Waals surface area contributed by atoms with Crippen molar-refractivity contribution in [1.82, 2.24) is 15.2 Å². The summed E-state index contributed by atoms with van der Waals surface area (Å²) < 4.78 is 1.11. The number of piperazine rings is 1. The standard InChI is InChI=1S/C20H20BrN3/c21-17-6-3-5-16(14-17)20(24-12-10-22-11-13-24)19-9-8-15-4-1-2-7-18(15)23-19/h1-9,14,20,22H,10-13H2. The second-order valence-corrected chi connectivity index (χ2v) is 7.09. The van der Waals surface area contributed by atoms with Crippen LogP contribution in [0.15, 0.2) is 65.1 Å². The number of pyridine rings is 1. The molecule has 1 aromatic heterocycles. The van der Waals surface area contributed by atoms with Gasteiger partial charge in [-0.2, -0.15) is 0 Å². The molecule has 1 atom stereocenters. The number of halogens is 1. The Kier molecular flexibility index (Phi) is 4.60. The van der Waals surface area contributed by atoms with E-state index in [1.165, 1.54) is 10.9 Å². The molecule has 2 aromatic carbocycles. The number of benzene rings is 2. The van der Waals surface area contributed by atoms with Gasteiger partial charge >= 0.3 is 0 Å². The third-order valence-electron chi connectivity index (χ3n) is 4.58. The lowest BCUT2D eigenvalue weighted by Gasteiger charge is -2.35. The maximum absolute atomic E-state index is 4.98. The van der Waals surface area contributed by atoms with Gasteiger partial charge in [-0.3, -0.25) is 9.88 Å². The van der Waals surface area contributed by atoms with Crippen molar-refractivity contribution < 1.29 is 0 Å². The molecular weight excluding hydrogens is 362 g/mol. The Hall–Kier alpha value is -1.75. The summed E-state index contributed by atoms with van der Waals surface area (Å²) in [7, 11) is 0. The molecule has 1 aliphatic heterocycles. The molecule has 4 heteroatoms. The Morgan fingerprint density at radius 3 is 2.62 bits per heavy atom. The Bertz CT molecular complexity index is 843. The lowest BCUT2D eigenvalue weighted by Crippen LogP contribution is -2.45. The van der Waals surface area contributed by atoms with E-state index in [9.17, 15) is 0 Å². The van der Waals surface area contributed by atoms with E-state index in [4.69, 9.17) is 4.98 Å². The van der Waals surface area contributed by atoms with Crippen molar-refractivity contribution in [1.29, 1.82) is 0 Å². The van der Waals surface area contributed by atoms with E-state index in [1.807, 2.05) is 0 Å². The fraction of sp³-hybridized carbons (Fsp3) is 0.250. The molecule has 0 spiro atoms. The predicted octanol–water partition coefficient (Wildman–Crippen LogP) is 3.99. The number of rotatable bonds is 3. The van der Waals surface area contributed by atoms with Gasteiger partial charge in [0.15, 0.2) is 0 Å². The van der Waals surface area contributed by atoms with Gasteiger partial charge in [-0.15, -0.1) is 0 Å². The normalized spacial score (nSPS) is 17.0. The highest BCUT2D eigenvalue weighted by atomic mass is 79.9. The number of fused-ring (bicyclic) bond motifs is 1. The minimum absolute atomic E-state index is 0.189. The highest BCUT2D eigenvalue weighted by Gasteiger charge is 2.25. The van der Waals surface area contributed by atoms with Crippen molar-refractivity contribution in [3.8, 4) is 0 Å². The third kappa shape index (κ3) is 3.22. The van der Waals surface area contributed by atoms with Crippen LogP contribution in [0.4, 0.5) is 0 Å². The van der Waals surface area contributed by atoms with Gasteiger partial charge in [0, 0.05) is 36.0 Å². The van der Waals surface area contributed by atoms with Gasteiger partial charge in [0.05, 0.1) is 17.3 Å². The first kappa shape index (κ1) is 15.8. The summed E-state index contributed by atoms with van der Waals surface area (Å²) in [5.74, 6) is 0. The molecule has 24 heavy (non-hydrogen) atoms. The average Bonchev–Trinajstić information content (AvgIpc) is 2.63. The van der Waals surface area contributed by atoms with Gasteiger partial charge in [0.2, 0.25) is 0 Å². The third-order valence-corrected chi connectivity index (χ3v) is 5.07. The van der Waals surface area contributed by atoms with Crippen LogP contribution in [0.3, 0.4) is 0 Å². The molecule has 1 aliphatic rings. The molecular formula is C20H20BrN3. The molecule has 1 saturated heterocycles. The molecule has 0 aliphatic carbocycles. The van der Waals surface area contributed by atoms with Crippen LogP contribution in [0, 0.1) is 0 Å². The zero-order chi connectivity index (χ0) is 16.4. The van der Waals surface area contributed by atoms with E-state index in [0.717, 1.165) is 41.9 Å². The number of hydrogen-bond donors (Lipinski definition) is 1. The smallest absolute Gasteiger partial charge is 0.0777 e. The Balaban J connectivity index is 1.80. The van der Waals surface area contributed by atoms with Crippen LogP contribution in [0.25, 0.3) is 10.9 Å². The van der Waals surface area contributed by atoms with Crippen LogP contribution >= 0.6 is 15.9 Å². The number of aromatic nitrogens is 1. The minimum atomic E-state index is 0.189. The zero-order valence-electron chi connectivity index (χ0n) is 13.5. The number of nitrogens with one attached hydrogen (secondary N) is 1. The largest absolute Gasteiger partial charge is 0.314 e. The maximum Gasteiger partial charge on any atom is 0.0777 e. The number of nitrogens with zero attached hydrogens (tertiary/aromatic N) is 2. The van der Waals surface area contributed by atoms with Crippen molar-refractivity contribution in [3.05, 3.63) is 76.4 Å². The SMILES string of the molecule is Brc1cccc(C(c2ccc3ccccc3n2)N2CCNCC2)c1. The zero-order valence-corrected chi connectivity index (χ0v) is 15.0. The lowest BCUT2D eigenvalue weighted by atomic mass is 10.00. The molecule has 0 bridgehead atoms. The van der Waals surface area contributed by atoms with Gasteiger partial charge in [-0.05, 0) is 29.8 Å². The quantitative estimate of drug-likeness (QED) is 0.743. The molecule has 122 valence electrons. The van der Waals surface area contributed by atoms with Crippen LogP contribution < -0.4 is 5.32 Å². The molecule has 1 fully saturated rings. The van der Waals surface area contributed by atoms with Crippen LogP contribution in [-0.4, -0.2) is 36.1 Å². The van der Waals surface area contributed by atoms with E-state index in [2.05, 4.69) is 86.8 Å². The summed E-state index contributed by atoms with van der Waals surface area (Å²) in [5.41, 5.74) is 3.47. The fourth-order valence-corrected chi connectivity index (χ4v) is 3.84. The first-order chi connectivity index (χ1) is 11.8. The Morgan fingerprint density at radius 1 is 0.958 bits per heavy atom. The van der Waals surface area contributed by atoms with E-state index < -0.39 is 0 Å². The number of hydrogen-bond acceptors (Lipinski definition) is 3. The molecule has 0 radical (unpaired) electrons. The van der Waals surface area contributed by atoms with Crippen LogP contribution in [0.2, 0.25) is 0 Å². The van der Waals surface area contributed by atoms with E-state index in [-0.39, 0.29) is 6.04 Å². The van der Waals surface area contributed by atoms with Gasteiger partial charge in [0.1, 0.15) is 0 Å². The topological polar surface area (TPSA) is 28.2 Å². The Labute approximate surface area is 150 Å². The van der Waals surface area contributed by atoms with Crippen molar-refractivity contribution in [2.75, 3.05) is 26.2 Å². The van der Waals surface area contributed by atoms with E-state index >= 15 is 0 Å². The maximum atomic E-state index is 4.98. The van der Waals surface area contributed by atoms with Gasteiger partial charge < -0.3 is 5.32 Å². The molecule has 3 aromatic rings. The molecule has 0 saturated carbocycles. The van der Waals surface area contributed by atoms with Gasteiger partial charge in [0.25, 0.3) is 0 Å². The summed E-state index contributed by atoms with van der Waals surface area (Å²) in [6, 6.07) is 21.5. The van der Waals surface area contributed by atoms with Crippen molar-refractivity contribution in [2.45, 2.75) is 6.04 Å².